The van der Waals surface area contributed by atoms with Crippen LogP contribution in [0.5, 0.6) is 0 Å². The molecule has 1 unspecified atom stereocenters. The van der Waals surface area contributed by atoms with Crippen molar-refractivity contribution in [3.05, 3.63) is 28.8 Å². The van der Waals surface area contributed by atoms with Crippen molar-refractivity contribution in [2.24, 2.45) is 11.7 Å². The highest BCUT2D eigenvalue weighted by Gasteiger charge is 2.22. The minimum atomic E-state index is 0.166. The van der Waals surface area contributed by atoms with Crippen LogP contribution in [0.4, 0.5) is 5.69 Å². The third-order valence-electron chi connectivity index (χ3n) is 4.01. The van der Waals surface area contributed by atoms with E-state index in [2.05, 4.69) is 17.9 Å². The van der Waals surface area contributed by atoms with Crippen LogP contribution < -0.4 is 10.6 Å². The van der Waals surface area contributed by atoms with Crippen LogP contribution in [0.1, 0.15) is 38.7 Å². The lowest BCUT2D eigenvalue weighted by Gasteiger charge is -2.35. The van der Waals surface area contributed by atoms with Gasteiger partial charge in [-0.05, 0) is 50.7 Å². The summed E-state index contributed by atoms with van der Waals surface area (Å²) in [7, 11) is 0. The van der Waals surface area contributed by atoms with Gasteiger partial charge in [0.15, 0.2) is 0 Å². The summed E-state index contributed by atoms with van der Waals surface area (Å²) >= 11 is 6.45. The number of hydrogen-bond donors (Lipinski definition) is 1. The second-order valence-electron chi connectivity index (χ2n) is 5.76. The van der Waals surface area contributed by atoms with Crippen LogP contribution in [0.3, 0.4) is 0 Å². The molecule has 1 fully saturated rings. The zero-order valence-electron chi connectivity index (χ0n) is 12.0. The molecule has 0 aliphatic heterocycles. The van der Waals surface area contributed by atoms with Gasteiger partial charge >= 0.3 is 0 Å². The first kappa shape index (κ1) is 14.7. The van der Waals surface area contributed by atoms with Gasteiger partial charge in [-0.3, -0.25) is 0 Å². The Morgan fingerprint density at radius 1 is 1.42 bits per heavy atom. The molecule has 1 aliphatic carbocycles. The number of nitrogens with zero attached hydrogens (tertiary/aromatic N) is 1. The van der Waals surface area contributed by atoms with Crippen molar-refractivity contribution in [3.63, 3.8) is 0 Å². The van der Waals surface area contributed by atoms with E-state index in [9.17, 15) is 0 Å². The average Bonchev–Trinajstić information content (AvgIpc) is 2.29. The van der Waals surface area contributed by atoms with Crippen LogP contribution in [0.15, 0.2) is 18.2 Å². The van der Waals surface area contributed by atoms with Gasteiger partial charge in [0.25, 0.3) is 0 Å². The Bertz CT molecular complexity index is 413. The average molecular weight is 281 g/mol. The molecule has 19 heavy (non-hydrogen) atoms. The molecular formula is C16H25ClN2. The molecule has 0 saturated heterocycles. The molecule has 2 nitrogen and oxygen atoms in total. The second-order valence-corrected chi connectivity index (χ2v) is 6.17. The van der Waals surface area contributed by atoms with Gasteiger partial charge < -0.3 is 10.6 Å². The highest BCUT2D eigenvalue weighted by molar-refractivity contribution is 6.33. The Labute approximate surface area is 121 Å². The van der Waals surface area contributed by atoms with Crippen molar-refractivity contribution < 1.29 is 0 Å². The maximum absolute atomic E-state index is 6.45. The normalized spacial score (nSPS) is 17.1. The number of nitrogens with two attached hydrogens (primary N) is 1. The predicted octanol–water partition coefficient (Wildman–Crippen LogP) is 3.86. The maximum Gasteiger partial charge on any atom is 0.0642 e. The van der Waals surface area contributed by atoms with Crippen molar-refractivity contribution >= 4 is 17.3 Å². The van der Waals surface area contributed by atoms with Crippen molar-refractivity contribution in [2.75, 3.05) is 18.0 Å². The summed E-state index contributed by atoms with van der Waals surface area (Å²) in [5.41, 5.74) is 8.45. The minimum absolute atomic E-state index is 0.166. The molecule has 1 atom stereocenters. The Morgan fingerprint density at radius 3 is 2.68 bits per heavy atom. The summed E-state index contributed by atoms with van der Waals surface area (Å²) in [4.78, 5) is 2.43. The number of rotatable bonds is 6. The molecule has 1 aliphatic rings. The van der Waals surface area contributed by atoms with Gasteiger partial charge in [0.1, 0.15) is 0 Å². The lowest BCUT2D eigenvalue weighted by molar-refractivity contribution is 0.318. The Morgan fingerprint density at radius 2 is 2.16 bits per heavy atom. The minimum Gasteiger partial charge on any atom is -0.370 e. The summed E-state index contributed by atoms with van der Waals surface area (Å²) in [5.74, 6) is 0.847. The molecule has 0 radical (unpaired) electrons. The van der Waals surface area contributed by atoms with E-state index in [4.69, 9.17) is 17.3 Å². The van der Waals surface area contributed by atoms with Gasteiger partial charge in [0, 0.05) is 19.1 Å². The van der Waals surface area contributed by atoms with Crippen molar-refractivity contribution in [1.29, 1.82) is 0 Å². The molecule has 1 aromatic rings. The van der Waals surface area contributed by atoms with Crippen molar-refractivity contribution in [2.45, 2.75) is 45.6 Å². The highest BCUT2D eigenvalue weighted by Crippen LogP contribution is 2.34. The Hall–Kier alpha value is -0.730. The van der Waals surface area contributed by atoms with E-state index in [1.807, 2.05) is 19.1 Å². The lowest BCUT2D eigenvalue weighted by Crippen LogP contribution is -2.33. The summed E-state index contributed by atoms with van der Waals surface area (Å²) in [6, 6.07) is 6.35. The zero-order valence-corrected chi connectivity index (χ0v) is 12.8. The summed E-state index contributed by atoms with van der Waals surface area (Å²) in [5, 5.41) is 0.860. The fraction of sp³-hybridized carbons (Fsp3) is 0.625. The Balaban J connectivity index is 2.23. The molecule has 0 amide bonds. The molecule has 2 N–H and O–H groups in total. The smallest absolute Gasteiger partial charge is 0.0642 e. The number of benzene rings is 1. The van der Waals surface area contributed by atoms with E-state index in [0.29, 0.717) is 0 Å². The fourth-order valence-corrected chi connectivity index (χ4v) is 3.10. The molecule has 0 spiro atoms. The van der Waals surface area contributed by atoms with Gasteiger partial charge in [-0.15, -0.1) is 0 Å². The van der Waals surface area contributed by atoms with Crippen LogP contribution in [-0.2, 0) is 6.42 Å². The van der Waals surface area contributed by atoms with E-state index in [0.717, 1.165) is 30.5 Å². The summed E-state index contributed by atoms with van der Waals surface area (Å²) in [6.07, 6.45) is 5.00. The van der Waals surface area contributed by atoms with Gasteiger partial charge in [0.05, 0.1) is 10.7 Å². The van der Waals surface area contributed by atoms with Gasteiger partial charge in [-0.25, -0.2) is 0 Å². The lowest BCUT2D eigenvalue weighted by atomic mass is 9.85. The maximum atomic E-state index is 6.45. The van der Waals surface area contributed by atoms with Crippen LogP contribution in [0.2, 0.25) is 5.02 Å². The Kier molecular flexibility index (Phi) is 5.12. The molecule has 0 aromatic heterocycles. The van der Waals surface area contributed by atoms with Crippen LogP contribution in [-0.4, -0.2) is 19.1 Å². The van der Waals surface area contributed by atoms with E-state index >= 15 is 0 Å². The monoisotopic (exact) mass is 280 g/mol. The van der Waals surface area contributed by atoms with E-state index in [-0.39, 0.29) is 6.04 Å². The zero-order chi connectivity index (χ0) is 13.8. The van der Waals surface area contributed by atoms with Crippen molar-refractivity contribution in [1.82, 2.24) is 0 Å². The van der Waals surface area contributed by atoms with Crippen LogP contribution in [0, 0.1) is 5.92 Å². The molecule has 1 saturated carbocycles. The molecule has 1 aromatic carbocycles. The highest BCUT2D eigenvalue weighted by atomic mass is 35.5. The van der Waals surface area contributed by atoms with Gasteiger partial charge in [-0.1, -0.05) is 30.2 Å². The van der Waals surface area contributed by atoms with E-state index in [1.54, 1.807) is 0 Å². The molecule has 3 heteroatoms. The third-order valence-corrected chi connectivity index (χ3v) is 4.32. The fourth-order valence-electron chi connectivity index (χ4n) is 2.79. The summed E-state index contributed by atoms with van der Waals surface area (Å²) in [6.45, 7) is 6.39. The predicted molar refractivity (Wildman–Crippen MR) is 84.0 cm³/mol. The quantitative estimate of drug-likeness (QED) is 0.857. The molecule has 2 rings (SSSR count). The number of hydrogen-bond acceptors (Lipinski definition) is 2. The molecule has 106 valence electrons. The second kappa shape index (κ2) is 6.62. The first-order chi connectivity index (χ1) is 9.11. The summed E-state index contributed by atoms with van der Waals surface area (Å²) < 4.78 is 0. The van der Waals surface area contributed by atoms with Crippen LogP contribution in [0.25, 0.3) is 0 Å². The van der Waals surface area contributed by atoms with E-state index in [1.165, 1.54) is 30.5 Å². The van der Waals surface area contributed by atoms with E-state index < -0.39 is 0 Å². The standard InChI is InChI=1S/C16H25ClN2/c1-3-19(11-13-6-4-7-13)16-14(10-12(2)18)8-5-9-15(16)17/h5,8-9,12-13H,3-4,6-7,10-11,18H2,1-2H3. The SMILES string of the molecule is CCN(CC1CCC1)c1c(Cl)cccc1CC(C)N. The third kappa shape index (κ3) is 3.64. The first-order valence-electron chi connectivity index (χ1n) is 7.39. The van der Waals surface area contributed by atoms with Crippen LogP contribution >= 0.6 is 11.6 Å². The first-order valence-corrected chi connectivity index (χ1v) is 7.77. The number of para-hydroxylation sites is 1. The van der Waals surface area contributed by atoms with Gasteiger partial charge in [-0.2, -0.15) is 0 Å². The number of anilines is 1. The van der Waals surface area contributed by atoms with Gasteiger partial charge in [0.2, 0.25) is 0 Å². The molecule has 0 bridgehead atoms. The topological polar surface area (TPSA) is 29.3 Å². The molecule has 0 heterocycles. The molecular weight excluding hydrogens is 256 g/mol. The van der Waals surface area contributed by atoms with Crippen molar-refractivity contribution in [3.8, 4) is 0 Å². The largest absolute Gasteiger partial charge is 0.370 e. The number of halogens is 1.